The first kappa shape index (κ1) is 16.4. The first-order chi connectivity index (χ1) is 11.4. The zero-order chi connectivity index (χ0) is 17.6. The van der Waals surface area contributed by atoms with Gasteiger partial charge in [-0.15, -0.1) is 10.1 Å². The molecule has 0 N–H and O–H groups in total. The quantitative estimate of drug-likeness (QED) is 0.565. The number of guanidine groups is 1. The van der Waals surface area contributed by atoms with Gasteiger partial charge in [-0.25, -0.2) is 9.37 Å². The van der Waals surface area contributed by atoms with Crippen LogP contribution in [0.25, 0.3) is 0 Å². The lowest BCUT2D eigenvalue weighted by Crippen LogP contribution is -2.64. The topological polar surface area (TPSA) is 71.6 Å². The highest BCUT2D eigenvalue weighted by Crippen LogP contribution is 2.25. The Morgan fingerprint density at radius 3 is 2.67 bits per heavy atom. The van der Waals surface area contributed by atoms with Gasteiger partial charge in [0.05, 0.1) is 5.71 Å². The van der Waals surface area contributed by atoms with Crippen molar-refractivity contribution in [1.29, 1.82) is 0 Å². The largest absolute Gasteiger partial charge is 0.417 e. The van der Waals surface area contributed by atoms with Crippen LogP contribution in [0.1, 0.15) is 27.7 Å². The van der Waals surface area contributed by atoms with Crippen LogP contribution in [0.3, 0.4) is 0 Å². The molecule has 0 aliphatic carbocycles. The minimum atomic E-state index is -0.573. The Kier molecular flexibility index (Phi) is 3.98. The Bertz CT molecular complexity index is 720. The number of amides is 3. The summed E-state index contributed by atoms with van der Waals surface area (Å²) < 4.78 is 1.97. The maximum atomic E-state index is 12.9. The molecule has 0 saturated carbocycles. The number of hydrogen-bond acceptors (Lipinski definition) is 5. The molecule has 3 amide bonds. The van der Waals surface area contributed by atoms with Crippen LogP contribution < -0.4 is 0 Å². The minimum Gasteiger partial charge on any atom is -0.270 e. The second kappa shape index (κ2) is 5.85. The fourth-order valence-electron chi connectivity index (χ4n) is 3.20. The zero-order valence-corrected chi connectivity index (χ0v) is 14.7. The van der Waals surface area contributed by atoms with Gasteiger partial charge >= 0.3 is 12.0 Å². The van der Waals surface area contributed by atoms with Crippen molar-refractivity contribution in [2.75, 3.05) is 20.1 Å². The number of rotatable bonds is 3. The summed E-state index contributed by atoms with van der Waals surface area (Å²) in [6.07, 6.45) is 3.93. The highest BCUT2D eigenvalue weighted by Gasteiger charge is 2.55. The van der Waals surface area contributed by atoms with Gasteiger partial charge in [-0.2, -0.15) is 0 Å². The summed E-state index contributed by atoms with van der Waals surface area (Å²) >= 11 is 0. The molecule has 3 rings (SSSR count). The molecule has 3 heterocycles. The molecule has 0 aromatic heterocycles. The summed E-state index contributed by atoms with van der Waals surface area (Å²) in [5.74, 6) is 0.881. The van der Waals surface area contributed by atoms with Crippen LogP contribution >= 0.6 is 0 Å². The second-order valence-corrected chi connectivity index (χ2v) is 6.07. The number of nitrogens with zero attached hydrogens (tertiary/aromatic N) is 6. The highest BCUT2D eigenvalue weighted by atomic mass is 16.2. The molecule has 0 aromatic rings. The number of imide groups is 1. The van der Waals surface area contributed by atoms with E-state index in [1.54, 1.807) is 19.0 Å². The molecular weight excluding hydrogens is 308 g/mol. The van der Waals surface area contributed by atoms with Crippen LogP contribution in [0.5, 0.6) is 0 Å². The first-order valence-corrected chi connectivity index (χ1v) is 8.19. The van der Waals surface area contributed by atoms with Crippen LogP contribution in [0, 0.1) is 0 Å². The number of allylic oxidation sites excluding steroid dienone is 1. The number of hydrogen-bond donors (Lipinski definition) is 0. The third kappa shape index (κ3) is 2.16. The van der Waals surface area contributed by atoms with Crippen molar-refractivity contribution in [2.24, 2.45) is 10.1 Å². The molecular formula is C16H23N6O2+. The second-order valence-electron chi connectivity index (χ2n) is 6.07. The minimum absolute atomic E-state index is 0.0580. The number of carbonyl (C=O) groups is 2. The van der Waals surface area contributed by atoms with E-state index in [1.807, 2.05) is 37.5 Å². The molecule has 0 bridgehead atoms. The average molecular weight is 331 g/mol. The Hall–Kier alpha value is -2.51. The van der Waals surface area contributed by atoms with Crippen molar-refractivity contribution in [3.63, 3.8) is 0 Å². The number of likely N-dealkylation sites (N-methyl/N-ethyl adjacent to an activating group) is 2. The van der Waals surface area contributed by atoms with E-state index in [2.05, 4.69) is 10.1 Å². The predicted molar refractivity (Wildman–Crippen MR) is 91.1 cm³/mol. The summed E-state index contributed by atoms with van der Waals surface area (Å²) in [6, 6.07) is -0.961. The standard InChI is InChI=1S/C16H23N6O2/c1-6-8-9-21-15-17-13-12(22(15)11(4)10(3)18-21)14(23)20(7-2)16(24)19(13)5/h6,8,11-12H,7,9H2,1-5H3/q+1/b8-6+. The molecule has 3 aliphatic heterocycles. The smallest absolute Gasteiger partial charge is 0.270 e. The maximum absolute atomic E-state index is 12.9. The summed E-state index contributed by atoms with van der Waals surface area (Å²) in [7, 11) is 1.66. The predicted octanol–water partition coefficient (Wildman–Crippen LogP) is 0.706. The van der Waals surface area contributed by atoms with E-state index < -0.39 is 6.04 Å². The molecule has 8 nitrogen and oxygen atoms in total. The molecule has 24 heavy (non-hydrogen) atoms. The molecule has 128 valence electrons. The van der Waals surface area contributed by atoms with E-state index in [4.69, 9.17) is 0 Å². The van der Waals surface area contributed by atoms with E-state index in [-0.39, 0.29) is 18.0 Å². The highest BCUT2D eigenvalue weighted by molar-refractivity contribution is 6.23. The average Bonchev–Trinajstić information content (AvgIpc) is 2.96. The van der Waals surface area contributed by atoms with Gasteiger partial charge < -0.3 is 0 Å². The van der Waals surface area contributed by atoms with Gasteiger partial charge in [-0.3, -0.25) is 14.6 Å². The number of carbonyl (C=O) groups excluding carboxylic acids is 2. The number of urea groups is 1. The van der Waals surface area contributed by atoms with Gasteiger partial charge in [0.25, 0.3) is 5.91 Å². The molecule has 0 spiro atoms. The van der Waals surface area contributed by atoms with Gasteiger partial charge in [0.2, 0.25) is 11.9 Å². The number of hydrazone groups is 1. The van der Waals surface area contributed by atoms with Crippen molar-refractivity contribution < 1.29 is 14.2 Å². The lowest BCUT2D eigenvalue weighted by atomic mass is 10.1. The molecule has 1 saturated heterocycles. The lowest BCUT2D eigenvalue weighted by Gasteiger charge is -2.35. The Morgan fingerprint density at radius 2 is 2.04 bits per heavy atom. The van der Waals surface area contributed by atoms with Crippen molar-refractivity contribution >= 4 is 29.4 Å². The third-order valence-electron chi connectivity index (χ3n) is 4.69. The molecule has 3 aliphatic rings. The van der Waals surface area contributed by atoms with Crippen LogP contribution in [0.4, 0.5) is 4.79 Å². The van der Waals surface area contributed by atoms with Gasteiger partial charge in [0.15, 0.2) is 0 Å². The number of amidine groups is 1. The molecule has 8 heteroatoms. The summed E-state index contributed by atoms with van der Waals surface area (Å²) in [6.45, 7) is 8.61. The SMILES string of the molecule is C/C=C/CN1N=C(C)C(C)[N+]2=C1N=C1C2C(=O)N(CC)C(=O)N1C. The maximum Gasteiger partial charge on any atom is 0.417 e. The fourth-order valence-corrected chi connectivity index (χ4v) is 3.20. The van der Waals surface area contributed by atoms with Gasteiger partial charge in [0, 0.05) is 13.6 Å². The van der Waals surface area contributed by atoms with Crippen molar-refractivity contribution in [2.45, 2.75) is 39.8 Å². The number of fused-ring (bicyclic) bond motifs is 2. The summed E-state index contributed by atoms with van der Waals surface area (Å²) in [5, 5.41) is 6.37. The Balaban J connectivity index is 2.08. The van der Waals surface area contributed by atoms with Crippen molar-refractivity contribution in [3.8, 4) is 0 Å². The Labute approximate surface area is 141 Å². The molecule has 2 unspecified atom stereocenters. The molecule has 2 atom stereocenters. The van der Waals surface area contributed by atoms with Crippen molar-refractivity contribution in [1.82, 2.24) is 14.8 Å². The van der Waals surface area contributed by atoms with Gasteiger partial charge in [-0.1, -0.05) is 17.1 Å². The summed E-state index contributed by atoms with van der Waals surface area (Å²) in [5.41, 5.74) is 0.912. The monoisotopic (exact) mass is 331 g/mol. The van der Waals surface area contributed by atoms with Gasteiger partial charge in [-0.05, 0) is 27.7 Å². The van der Waals surface area contributed by atoms with Crippen LogP contribution in [-0.4, -0.2) is 81.1 Å². The van der Waals surface area contributed by atoms with E-state index >= 15 is 0 Å². The molecule has 1 fully saturated rings. The zero-order valence-electron chi connectivity index (χ0n) is 14.7. The molecule has 0 aromatic carbocycles. The van der Waals surface area contributed by atoms with Crippen LogP contribution in [-0.2, 0) is 4.79 Å². The van der Waals surface area contributed by atoms with E-state index in [1.165, 1.54) is 9.80 Å². The van der Waals surface area contributed by atoms with Gasteiger partial charge in [0.1, 0.15) is 12.6 Å². The fraction of sp³-hybridized carbons (Fsp3) is 0.562. The molecule has 0 radical (unpaired) electrons. The first-order valence-electron chi connectivity index (χ1n) is 8.19. The van der Waals surface area contributed by atoms with E-state index in [9.17, 15) is 9.59 Å². The van der Waals surface area contributed by atoms with Crippen LogP contribution in [0.2, 0.25) is 0 Å². The van der Waals surface area contributed by atoms with E-state index in [0.29, 0.717) is 24.9 Å². The van der Waals surface area contributed by atoms with Crippen LogP contribution in [0.15, 0.2) is 22.2 Å². The summed E-state index contributed by atoms with van der Waals surface area (Å²) in [4.78, 5) is 32.6. The lowest BCUT2D eigenvalue weighted by molar-refractivity contribution is -0.559. The normalized spacial score (nSPS) is 27.0. The van der Waals surface area contributed by atoms with E-state index in [0.717, 1.165) is 5.71 Å². The third-order valence-corrected chi connectivity index (χ3v) is 4.69. The Morgan fingerprint density at radius 1 is 1.33 bits per heavy atom. The van der Waals surface area contributed by atoms with Crippen molar-refractivity contribution in [3.05, 3.63) is 12.2 Å². The number of aliphatic imine (C=N–C) groups is 1.